The number of pyridine rings is 1. The van der Waals surface area contributed by atoms with E-state index in [1.165, 1.54) is 0 Å². The smallest absolute Gasteiger partial charge is 0.140 e. The first kappa shape index (κ1) is 13.0. The number of nitrogens with one attached hydrogen (secondary N) is 1. The molecule has 1 aromatic heterocycles. The van der Waals surface area contributed by atoms with Crippen LogP contribution in [0, 0.1) is 0 Å². The normalized spacial score (nSPS) is 10.3. The number of anilines is 1. The molecule has 0 fully saturated rings. The third-order valence-electron chi connectivity index (χ3n) is 2.26. The van der Waals surface area contributed by atoms with E-state index in [1.807, 2.05) is 6.07 Å². The molecule has 1 aromatic carbocycles. The quantitative estimate of drug-likeness (QED) is 0.456. The van der Waals surface area contributed by atoms with Gasteiger partial charge in [0.15, 0.2) is 0 Å². The molecule has 0 radical (unpaired) electrons. The number of benzene rings is 1. The maximum Gasteiger partial charge on any atom is 0.140 e. The second-order valence-corrected chi connectivity index (χ2v) is 5.01. The number of rotatable bonds is 4. The molecule has 1 heterocycles. The molecule has 0 aliphatic rings. The van der Waals surface area contributed by atoms with E-state index in [-0.39, 0.29) is 5.75 Å². The summed E-state index contributed by atoms with van der Waals surface area (Å²) in [5.41, 5.74) is 3.23. The van der Waals surface area contributed by atoms with Gasteiger partial charge >= 0.3 is 0 Å². The van der Waals surface area contributed by atoms with Crippen molar-refractivity contribution < 1.29 is 5.11 Å². The fourth-order valence-electron chi connectivity index (χ4n) is 1.39. The summed E-state index contributed by atoms with van der Waals surface area (Å²) in [6, 6.07) is 10.5. The van der Waals surface area contributed by atoms with Crippen LogP contribution in [-0.4, -0.2) is 10.1 Å². The van der Waals surface area contributed by atoms with Crippen LogP contribution < -0.4 is 11.3 Å². The van der Waals surface area contributed by atoms with E-state index in [1.54, 1.807) is 42.1 Å². The monoisotopic (exact) mass is 281 g/mol. The predicted octanol–water partition coefficient (Wildman–Crippen LogP) is 3.02. The Kier molecular flexibility index (Phi) is 4.30. The van der Waals surface area contributed by atoms with Crippen LogP contribution in [0.15, 0.2) is 41.3 Å². The SMILES string of the molecule is NNc1ccc(Cl)c(CSc2cccc(O)c2)n1. The van der Waals surface area contributed by atoms with Crippen molar-refractivity contribution in [3.8, 4) is 5.75 Å². The van der Waals surface area contributed by atoms with Crippen LogP contribution >= 0.6 is 23.4 Å². The van der Waals surface area contributed by atoms with Gasteiger partial charge < -0.3 is 10.5 Å². The highest BCUT2D eigenvalue weighted by Crippen LogP contribution is 2.28. The molecule has 0 atom stereocenters. The van der Waals surface area contributed by atoms with Crippen LogP contribution in [0.3, 0.4) is 0 Å². The lowest BCUT2D eigenvalue weighted by Crippen LogP contribution is -2.09. The maximum absolute atomic E-state index is 9.37. The van der Waals surface area contributed by atoms with Gasteiger partial charge in [0.05, 0.1) is 10.7 Å². The van der Waals surface area contributed by atoms with E-state index in [2.05, 4.69) is 10.4 Å². The molecule has 0 saturated heterocycles. The minimum atomic E-state index is 0.247. The van der Waals surface area contributed by atoms with E-state index in [4.69, 9.17) is 17.4 Å². The Morgan fingerprint density at radius 1 is 1.33 bits per heavy atom. The first-order valence-corrected chi connectivity index (χ1v) is 6.59. The first-order chi connectivity index (χ1) is 8.69. The molecule has 2 aromatic rings. The summed E-state index contributed by atoms with van der Waals surface area (Å²) < 4.78 is 0. The van der Waals surface area contributed by atoms with Gasteiger partial charge in [-0.2, -0.15) is 0 Å². The standard InChI is InChI=1S/C12H12ClN3OS/c13-10-4-5-12(16-14)15-11(10)7-18-9-3-1-2-8(17)6-9/h1-6,17H,7,14H2,(H,15,16). The molecule has 2 rings (SSSR count). The molecule has 0 bridgehead atoms. The van der Waals surface area contributed by atoms with Gasteiger partial charge in [0.25, 0.3) is 0 Å². The van der Waals surface area contributed by atoms with Crippen LogP contribution in [0.25, 0.3) is 0 Å². The van der Waals surface area contributed by atoms with Gasteiger partial charge in [-0.1, -0.05) is 17.7 Å². The molecule has 4 nitrogen and oxygen atoms in total. The zero-order valence-electron chi connectivity index (χ0n) is 9.43. The predicted molar refractivity (Wildman–Crippen MR) is 74.7 cm³/mol. The molecule has 0 aliphatic heterocycles. The van der Waals surface area contributed by atoms with E-state index < -0.39 is 0 Å². The number of thioether (sulfide) groups is 1. The van der Waals surface area contributed by atoms with Crippen LogP contribution in [0.4, 0.5) is 5.82 Å². The largest absolute Gasteiger partial charge is 0.508 e. The minimum Gasteiger partial charge on any atom is -0.508 e. The Morgan fingerprint density at radius 2 is 2.17 bits per heavy atom. The van der Waals surface area contributed by atoms with Gasteiger partial charge in [-0.3, -0.25) is 0 Å². The average molecular weight is 282 g/mol. The highest BCUT2D eigenvalue weighted by molar-refractivity contribution is 7.98. The van der Waals surface area contributed by atoms with Crippen molar-refractivity contribution in [2.45, 2.75) is 10.6 Å². The number of halogens is 1. The van der Waals surface area contributed by atoms with E-state index >= 15 is 0 Å². The molecule has 0 spiro atoms. The first-order valence-electron chi connectivity index (χ1n) is 5.23. The van der Waals surface area contributed by atoms with Crippen molar-refractivity contribution in [1.29, 1.82) is 0 Å². The second kappa shape index (κ2) is 5.95. The summed E-state index contributed by atoms with van der Waals surface area (Å²) in [5.74, 6) is 6.73. The number of phenolic OH excluding ortho intramolecular Hbond substituents is 1. The average Bonchev–Trinajstić information content (AvgIpc) is 2.38. The van der Waals surface area contributed by atoms with Crippen molar-refractivity contribution in [2.75, 3.05) is 5.43 Å². The molecular weight excluding hydrogens is 270 g/mol. The number of hydrazine groups is 1. The number of aromatic hydroxyl groups is 1. The molecule has 4 N–H and O–H groups in total. The van der Waals surface area contributed by atoms with E-state index in [9.17, 15) is 5.11 Å². The zero-order valence-corrected chi connectivity index (χ0v) is 11.0. The highest BCUT2D eigenvalue weighted by Gasteiger charge is 2.05. The lowest BCUT2D eigenvalue weighted by atomic mass is 10.3. The number of phenols is 1. The summed E-state index contributed by atoms with van der Waals surface area (Å²) in [7, 11) is 0. The molecule has 0 saturated carbocycles. The molecular formula is C12H12ClN3OS. The number of nitrogens with zero attached hydrogens (tertiary/aromatic N) is 1. The van der Waals surface area contributed by atoms with Gasteiger partial charge in [-0.25, -0.2) is 10.8 Å². The molecule has 0 aliphatic carbocycles. The minimum absolute atomic E-state index is 0.247. The van der Waals surface area contributed by atoms with Crippen molar-refractivity contribution in [2.24, 2.45) is 5.84 Å². The van der Waals surface area contributed by atoms with E-state index in [0.717, 1.165) is 10.6 Å². The summed E-state index contributed by atoms with van der Waals surface area (Å²) in [4.78, 5) is 5.23. The molecule has 0 amide bonds. The second-order valence-electron chi connectivity index (χ2n) is 3.56. The number of hydrogen-bond acceptors (Lipinski definition) is 5. The topological polar surface area (TPSA) is 71.2 Å². The highest BCUT2D eigenvalue weighted by atomic mass is 35.5. The van der Waals surface area contributed by atoms with Crippen molar-refractivity contribution in [1.82, 2.24) is 4.98 Å². The van der Waals surface area contributed by atoms with Crippen LogP contribution in [0.5, 0.6) is 5.75 Å². The van der Waals surface area contributed by atoms with Crippen molar-refractivity contribution in [3.63, 3.8) is 0 Å². The maximum atomic E-state index is 9.37. The Morgan fingerprint density at radius 3 is 2.89 bits per heavy atom. The van der Waals surface area contributed by atoms with Gasteiger partial charge in [0.2, 0.25) is 0 Å². The van der Waals surface area contributed by atoms with Gasteiger partial charge in [0.1, 0.15) is 11.6 Å². The number of nitrogens with two attached hydrogens (primary N) is 1. The Hall–Kier alpha value is -1.43. The Balaban J connectivity index is 2.10. The van der Waals surface area contributed by atoms with Gasteiger partial charge in [-0.05, 0) is 30.3 Å². The van der Waals surface area contributed by atoms with Gasteiger partial charge in [0, 0.05) is 10.6 Å². The number of hydrogen-bond donors (Lipinski definition) is 3. The lowest BCUT2D eigenvalue weighted by Gasteiger charge is -2.06. The summed E-state index contributed by atoms with van der Waals surface area (Å²) in [6.07, 6.45) is 0. The molecule has 94 valence electrons. The van der Waals surface area contributed by atoms with E-state index in [0.29, 0.717) is 16.6 Å². The number of aromatic nitrogens is 1. The summed E-state index contributed by atoms with van der Waals surface area (Å²) in [5, 5.41) is 9.96. The Labute approximate surface area is 114 Å². The van der Waals surface area contributed by atoms with Crippen LogP contribution in [-0.2, 0) is 5.75 Å². The van der Waals surface area contributed by atoms with Crippen molar-refractivity contribution >= 4 is 29.2 Å². The van der Waals surface area contributed by atoms with Gasteiger partial charge in [-0.15, -0.1) is 11.8 Å². The third kappa shape index (κ3) is 3.29. The summed E-state index contributed by atoms with van der Waals surface area (Å²) >= 11 is 7.60. The fourth-order valence-corrected chi connectivity index (χ4v) is 2.54. The lowest BCUT2D eigenvalue weighted by molar-refractivity contribution is 0.474. The molecule has 6 heteroatoms. The van der Waals surface area contributed by atoms with Crippen molar-refractivity contribution in [3.05, 3.63) is 47.1 Å². The molecule has 0 unspecified atom stereocenters. The molecule has 18 heavy (non-hydrogen) atoms. The zero-order chi connectivity index (χ0) is 13.0. The summed E-state index contributed by atoms with van der Waals surface area (Å²) in [6.45, 7) is 0. The Bertz CT molecular complexity index is 551. The number of nitrogen functional groups attached to an aromatic ring is 1. The fraction of sp³-hybridized carbons (Fsp3) is 0.0833. The van der Waals surface area contributed by atoms with Crippen LogP contribution in [0.2, 0.25) is 5.02 Å². The van der Waals surface area contributed by atoms with Crippen LogP contribution in [0.1, 0.15) is 5.69 Å². The third-order valence-corrected chi connectivity index (χ3v) is 3.61.